The summed E-state index contributed by atoms with van der Waals surface area (Å²) < 4.78 is 1.07. The number of para-hydroxylation sites is 1. The highest BCUT2D eigenvalue weighted by Gasteiger charge is 2.19. The Morgan fingerprint density at radius 2 is 1.67 bits per heavy atom. The molecule has 1 aromatic heterocycles. The average molecular weight is 280 g/mol. The fraction of sp³-hybridized carbons (Fsp3) is 0.118. The molecule has 2 N–H and O–H groups in total. The molecule has 0 radical (unpaired) electrons. The Morgan fingerprint density at radius 1 is 1.00 bits per heavy atom. The first-order valence-electron chi connectivity index (χ1n) is 6.87. The Bertz CT molecular complexity index is 764. The number of benzene rings is 2. The zero-order valence-electron chi connectivity index (χ0n) is 11.7. The second-order valence-electron chi connectivity index (χ2n) is 4.78. The highest BCUT2D eigenvalue weighted by molar-refractivity contribution is 5.70. The van der Waals surface area contributed by atoms with Crippen LogP contribution in [0.2, 0.25) is 0 Å². The predicted octanol–water partition coefficient (Wildman–Crippen LogP) is 3.72. The lowest BCUT2D eigenvalue weighted by molar-refractivity contribution is 0.182. The molecule has 0 atom stereocenters. The summed E-state index contributed by atoms with van der Waals surface area (Å²) in [4.78, 5) is 4.53. The second kappa shape index (κ2) is 5.32. The van der Waals surface area contributed by atoms with Gasteiger partial charge in [0.25, 0.3) is 0 Å². The third-order valence-corrected chi connectivity index (χ3v) is 3.47. The molecule has 3 rings (SSSR count). The quantitative estimate of drug-likeness (QED) is 0.719. The van der Waals surface area contributed by atoms with E-state index < -0.39 is 0 Å². The van der Waals surface area contributed by atoms with Crippen molar-refractivity contribution >= 4 is 0 Å². The van der Waals surface area contributed by atoms with Crippen molar-refractivity contribution in [3.8, 4) is 28.4 Å². The Labute approximate surface area is 122 Å². The lowest BCUT2D eigenvalue weighted by Gasteiger charge is -2.04. The minimum absolute atomic E-state index is 0.0973. The maximum atomic E-state index is 10.4. The van der Waals surface area contributed by atoms with Crippen LogP contribution in [0.4, 0.5) is 0 Å². The maximum Gasteiger partial charge on any atom is 0.179 e. The van der Waals surface area contributed by atoms with Gasteiger partial charge in [0.2, 0.25) is 0 Å². The number of phenolic OH excluding ortho intramolecular Hbond substituents is 1. The van der Waals surface area contributed by atoms with Crippen LogP contribution in [0.1, 0.15) is 12.6 Å². The van der Waals surface area contributed by atoms with Gasteiger partial charge >= 0.3 is 0 Å². The minimum Gasteiger partial charge on any atom is -0.507 e. The van der Waals surface area contributed by atoms with Crippen molar-refractivity contribution in [3.63, 3.8) is 0 Å². The molecule has 3 aromatic rings. The van der Waals surface area contributed by atoms with E-state index in [0.29, 0.717) is 17.8 Å². The summed E-state index contributed by atoms with van der Waals surface area (Å²) >= 11 is 0. The van der Waals surface area contributed by atoms with Gasteiger partial charge < -0.3 is 10.3 Å². The lowest BCUT2D eigenvalue weighted by atomic mass is 10.1. The van der Waals surface area contributed by atoms with Crippen molar-refractivity contribution < 1.29 is 10.3 Å². The Hall–Kier alpha value is -2.75. The number of aromatic nitrogens is 2. The molecule has 0 saturated heterocycles. The molecule has 0 unspecified atom stereocenters. The summed E-state index contributed by atoms with van der Waals surface area (Å²) in [6.45, 7) is 1.96. The molecule has 0 bridgehead atoms. The standard InChI is InChI=1S/C17H16N2O2/c1-2-14-16(12-8-4-3-5-9-12)18-17(19(14)21)13-10-6-7-11-15(13)20/h3-11,20-21H,2H2,1H3. The van der Waals surface area contributed by atoms with E-state index in [1.54, 1.807) is 24.3 Å². The first-order chi connectivity index (χ1) is 10.2. The normalized spacial score (nSPS) is 10.7. The zero-order valence-corrected chi connectivity index (χ0v) is 11.7. The summed E-state index contributed by atoms with van der Waals surface area (Å²) in [6, 6.07) is 16.6. The molecule has 1 heterocycles. The van der Waals surface area contributed by atoms with Crippen molar-refractivity contribution in [2.75, 3.05) is 0 Å². The van der Waals surface area contributed by atoms with Crippen LogP contribution in [0.3, 0.4) is 0 Å². The molecule has 4 nitrogen and oxygen atoms in total. The fourth-order valence-corrected chi connectivity index (χ4v) is 2.43. The molecule has 21 heavy (non-hydrogen) atoms. The van der Waals surface area contributed by atoms with Crippen LogP contribution < -0.4 is 0 Å². The topological polar surface area (TPSA) is 58.3 Å². The van der Waals surface area contributed by atoms with Crippen molar-refractivity contribution in [2.24, 2.45) is 0 Å². The van der Waals surface area contributed by atoms with Crippen LogP contribution in [0, 0.1) is 0 Å². The van der Waals surface area contributed by atoms with Crippen LogP contribution in [-0.4, -0.2) is 20.0 Å². The maximum absolute atomic E-state index is 10.4. The van der Waals surface area contributed by atoms with Gasteiger partial charge in [0.15, 0.2) is 5.82 Å². The fourth-order valence-electron chi connectivity index (χ4n) is 2.43. The summed E-state index contributed by atoms with van der Waals surface area (Å²) in [5.41, 5.74) is 2.91. The molecule has 0 saturated carbocycles. The summed E-state index contributed by atoms with van der Waals surface area (Å²) in [5, 5.41) is 20.4. The zero-order chi connectivity index (χ0) is 14.8. The van der Waals surface area contributed by atoms with E-state index in [-0.39, 0.29) is 5.75 Å². The van der Waals surface area contributed by atoms with Gasteiger partial charge in [0.05, 0.1) is 17.0 Å². The third kappa shape index (κ3) is 2.25. The molecule has 0 aliphatic heterocycles. The van der Waals surface area contributed by atoms with Gasteiger partial charge in [0, 0.05) is 5.56 Å². The van der Waals surface area contributed by atoms with Crippen LogP contribution in [0.25, 0.3) is 22.6 Å². The average Bonchev–Trinajstić information content (AvgIpc) is 2.85. The first-order valence-corrected chi connectivity index (χ1v) is 6.87. The number of nitrogens with zero attached hydrogens (tertiary/aromatic N) is 2. The largest absolute Gasteiger partial charge is 0.507 e. The second-order valence-corrected chi connectivity index (χ2v) is 4.78. The molecule has 0 spiro atoms. The van der Waals surface area contributed by atoms with E-state index in [1.807, 2.05) is 37.3 Å². The van der Waals surface area contributed by atoms with Crippen molar-refractivity contribution in [3.05, 3.63) is 60.3 Å². The molecule has 2 aromatic carbocycles. The van der Waals surface area contributed by atoms with E-state index in [0.717, 1.165) is 21.7 Å². The van der Waals surface area contributed by atoms with Crippen molar-refractivity contribution in [1.82, 2.24) is 9.71 Å². The van der Waals surface area contributed by atoms with Gasteiger partial charge in [-0.1, -0.05) is 49.4 Å². The molecule has 0 aliphatic carbocycles. The van der Waals surface area contributed by atoms with E-state index >= 15 is 0 Å². The molecular weight excluding hydrogens is 264 g/mol. The first kappa shape index (κ1) is 13.2. The van der Waals surface area contributed by atoms with Crippen molar-refractivity contribution in [1.29, 1.82) is 0 Å². The van der Waals surface area contributed by atoms with Crippen LogP contribution in [0.15, 0.2) is 54.6 Å². The Kier molecular flexibility index (Phi) is 3.36. The molecule has 106 valence electrons. The van der Waals surface area contributed by atoms with Gasteiger partial charge in [0.1, 0.15) is 5.75 Å². The highest BCUT2D eigenvalue weighted by atomic mass is 16.5. The Morgan fingerprint density at radius 3 is 2.33 bits per heavy atom. The van der Waals surface area contributed by atoms with E-state index in [1.165, 1.54) is 0 Å². The molecule has 0 amide bonds. The number of imidazole rings is 1. The minimum atomic E-state index is 0.0973. The number of hydrogen-bond acceptors (Lipinski definition) is 3. The van der Waals surface area contributed by atoms with Gasteiger partial charge in [-0.2, -0.15) is 4.73 Å². The van der Waals surface area contributed by atoms with Gasteiger partial charge in [-0.3, -0.25) is 0 Å². The summed E-state index contributed by atoms with van der Waals surface area (Å²) in [6.07, 6.45) is 0.640. The highest BCUT2D eigenvalue weighted by Crippen LogP contribution is 2.32. The monoisotopic (exact) mass is 280 g/mol. The predicted molar refractivity (Wildman–Crippen MR) is 81.3 cm³/mol. The molecule has 4 heteroatoms. The van der Waals surface area contributed by atoms with E-state index in [4.69, 9.17) is 0 Å². The summed E-state index contributed by atoms with van der Waals surface area (Å²) in [5.74, 6) is 0.448. The van der Waals surface area contributed by atoms with Crippen LogP contribution in [0.5, 0.6) is 5.75 Å². The third-order valence-electron chi connectivity index (χ3n) is 3.47. The van der Waals surface area contributed by atoms with E-state index in [9.17, 15) is 10.3 Å². The SMILES string of the molecule is CCc1c(-c2ccccc2)nc(-c2ccccc2O)n1O. The molecule has 0 fully saturated rings. The lowest BCUT2D eigenvalue weighted by Crippen LogP contribution is -1.99. The Balaban J connectivity index is 2.21. The van der Waals surface area contributed by atoms with Gasteiger partial charge in [-0.05, 0) is 18.6 Å². The van der Waals surface area contributed by atoms with Crippen molar-refractivity contribution in [2.45, 2.75) is 13.3 Å². The molecular formula is C17H16N2O2. The number of rotatable bonds is 3. The van der Waals surface area contributed by atoms with Gasteiger partial charge in [-0.25, -0.2) is 4.98 Å². The number of aromatic hydroxyl groups is 1. The smallest absolute Gasteiger partial charge is 0.179 e. The van der Waals surface area contributed by atoms with Crippen LogP contribution in [-0.2, 0) is 6.42 Å². The van der Waals surface area contributed by atoms with Crippen LogP contribution >= 0.6 is 0 Å². The van der Waals surface area contributed by atoms with E-state index in [2.05, 4.69) is 4.98 Å². The number of hydrogen-bond donors (Lipinski definition) is 2. The number of phenols is 1. The van der Waals surface area contributed by atoms with Gasteiger partial charge in [-0.15, -0.1) is 0 Å². The molecule has 0 aliphatic rings. The summed E-state index contributed by atoms with van der Waals surface area (Å²) in [7, 11) is 0.